The Morgan fingerprint density at radius 3 is 2.71 bits per heavy atom. The van der Waals surface area contributed by atoms with Crippen molar-refractivity contribution >= 4 is 29.0 Å². The smallest absolute Gasteiger partial charge is 0.252 e. The van der Waals surface area contributed by atoms with Crippen molar-refractivity contribution in [1.29, 1.82) is 0 Å². The van der Waals surface area contributed by atoms with E-state index in [0.717, 1.165) is 0 Å². The zero-order chi connectivity index (χ0) is 12.8. The summed E-state index contributed by atoms with van der Waals surface area (Å²) in [4.78, 5) is 23.9. The molecule has 5 nitrogen and oxygen atoms in total. The first-order valence-electron chi connectivity index (χ1n) is 5.46. The lowest BCUT2D eigenvalue weighted by molar-refractivity contribution is -0.123. The first kappa shape index (κ1) is 12.1. The van der Waals surface area contributed by atoms with E-state index in [0.29, 0.717) is 17.9 Å². The van der Waals surface area contributed by atoms with Gasteiger partial charge in [-0.1, -0.05) is 6.92 Å². The first-order valence-corrected chi connectivity index (χ1v) is 5.84. The van der Waals surface area contributed by atoms with E-state index in [-0.39, 0.29) is 11.2 Å². The van der Waals surface area contributed by atoms with Crippen LogP contribution in [0.15, 0.2) is 6.20 Å². The molecule has 6 heteroatoms. The van der Waals surface area contributed by atoms with E-state index in [1.807, 2.05) is 25.8 Å². The average molecular weight is 255 g/mol. The number of fused-ring (bicyclic) bond motifs is 1. The van der Waals surface area contributed by atoms with Gasteiger partial charge in [0.25, 0.3) is 5.91 Å². The zero-order valence-electron chi connectivity index (χ0n) is 10.4. The van der Waals surface area contributed by atoms with Crippen LogP contribution in [0.1, 0.15) is 20.3 Å². The van der Waals surface area contributed by atoms with Crippen LogP contribution in [0.4, 0.5) is 11.5 Å². The monoisotopic (exact) mass is 254 g/mol. The number of rotatable bonds is 1. The molecule has 0 aliphatic carbocycles. The molecular weight excluding hydrogens is 240 g/mol. The Hall–Kier alpha value is -1.36. The van der Waals surface area contributed by atoms with Crippen molar-refractivity contribution in [3.63, 3.8) is 0 Å². The predicted octanol–water partition coefficient (Wildman–Crippen LogP) is 1.71. The van der Waals surface area contributed by atoms with Crippen molar-refractivity contribution in [2.24, 2.45) is 0 Å². The van der Waals surface area contributed by atoms with Crippen LogP contribution in [0.5, 0.6) is 0 Å². The third kappa shape index (κ3) is 1.57. The van der Waals surface area contributed by atoms with Gasteiger partial charge >= 0.3 is 0 Å². The van der Waals surface area contributed by atoms with Crippen LogP contribution < -0.4 is 9.80 Å². The molecule has 0 fully saturated rings. The van der Waals surface area contributed by atoms with E-state index in [9.17, 15) is 4.79 Å². The molecule has 17 heavy (non-hydrogen) atoms. The summed E-state index contributed by atoms with van der Waals surface area (Å²) in [5.74, 6) is 0.734. The highest BCUT2D eigenvalue weighted by Gasteiger charge is 2.44. The SMILES string of the molecule is CC[C@]1(C)C(=O)N(C)c2cnc(Cl)nc2N1C. The average Bonchev–Trinajstić information content (AvgIpc) is 2.33. The Balaban J connectivity index is 2.63. The van der Waals surface area contributed by atoms with Crippen molar-refractivity contribution in [3.05, 3.63) is 11.5 Å². The number of hydrogen-bond acceptors (Lipinski definition) is 4. The molecule has 2 rings (SSSR count). The van der Waals surface area contributed by atoms with Crippen molar-refractivity contribution in [2.45, 2.75) is 25.8 Å². The van der Waals surface area contributed by atoms with Gasteiger partial charge in [0.1, 0.15) is 11.2 Å². The summed E-state index contributed by atoms with van der Waals surface area (Å²) in [6, 6.07) is 0. The Bertz CT molecular complexity index is 479. The molecule has 1 aromatic rings. The Labute approximate surface area is 105 Å². The lowest BCUT2D eigenvalue weighted by Gasteiger charge is -2.45. The fourth-order valence-electron chi connectivity index (χ4n) is 2.07. The molecule has 0 spiro atoms. The minimum atomic E-state index is -0.584. The predicted molar refractivity (Wildman–Crippen MR) is 67.6 cm³/mol. The molecule has 0 N–H and O–H groups in total. The third-order valence-electron chi connectivity index (χ3n) is 3.59. The van der Waals surface area contributed by atoms with Gasteiger partial charge in [0, 0.05) is 14.1 Å². The lowest BCUT2D eigenvalue weighted by atomic mass is 9.92. The van der Waals surface area contributed by atoms with Gasteiger partial charge in [0.15, 0.2) is 5.82 Å². The summed E-state index contributed by atoms with van der Waals surface area (Å²) in [5, 5.41) is 0.191. The second-order valence-corrected chi connectivity index (χ2v) is 4.74. The minimum absolute atomic E-state index is 0.0425. The maximum absolute atomic E-state index is 12.3. The molecule has 1 amide bonds. The Kier molecular flexibility index (Phi) is 2.73. The number of likely N-dealkylation sites (N-methyl/N-ethyl adjacent to an activating group) is 2. The van der Waals surface area contributed by atoms with E-state index in [2.05, 4.69) is 9.97 Å². The van der Waals surface area contributed by atoms with Crippen LogP contribution in [0.3, 0.4) is 0 Å². The molecule has 0 aromatic carbocycles. The molecule has 0 saturated heterocycles. The van der Waals surface area contributed by atoms with E-state index < -0.39 is 5.54 Å². The van der Waals surface area contributed by atoms with Gasteiger partial charge in [-0.25, -0.2) is 4.98 Å². The highest BCUT2D eigenvalue weighted by atomic mass is 35.5. The molecule has 0 radical (unpaired) electrons. The van der Waals surface area contributed by atoms with Gasteiger partial charge in [0.2, 0.25) is 5.28 Å². The summed E-state index contributed by atoms with van der Waals surface area (Å²) in [6.45, 7) is 3.89. The summed E-state index contributed by atoms with van der Waals surface area (Å²) >= 11 is 5.81. The van der Waals surface area contributed by atoms with E-state index in [1.165, 1.54) is 0 Å². The van der Waals surface area contributed by atoms with Crippen molar-refractivity contribution in [3.8, 4) is 0 Å². The number of carbonyl (C=O) groups is 1. The van der Waals surface area contributed by atoms with Crippen LogP contribution >= 0.6 is 11.6 Å². The maximum atomic E-state index is 12.3. The zero-order valence-corrected chi connectivity index (χ0v) is 11.1. The summed E-state index contributed by atoms with van der Waals surface area (Å²) in [7, 11) is 3.59. The Morgan fingerprint density at radius 2 is 2.12 bits per heavy atom. The third-order valence-corrected chi connectivity index (χ3v) is 3.78. The second kappa shape index (κ2) is 3.84. The number of aromatic nitrogens is 2. The molecule has 92 valence electrons. The van der Waals surface area contributed by atoms with Crippen LogP contribution in [-0.4, -0.2) is 35.5 Å². The van der Waals surface area contributed by atoms with Crippen LogP contribution in [0.2, 0.25) is 5.28 Å². The van der Waals surface area contributed by atoms with Gasteiger partial charge in [-0.3, -0.25) is 4.79 Å². The van der Waals surface area contributed by atoms with Crippen LogP contribution in [0, 0.1) is 0 Å². The van der Waals surface area contributed by atoms with Crippen LogP contribution in [0.25, 0.3) is 0 Å². The number of carbonyl (C=O) groups excluding carboxylic acids is 1. The van der Waals surface area contributed by atoms with E-state index in [4.69, 9.17) is 11.6 Å². The molecule has 1 aliphatic heterocycles. The molecule has 1 aliphatic rings. The normalized spacial score (nSPS) is 23.9. The highest BCUT2D eigenvalue weighted by Crippen LogP contribution is 2.38. The molecule has 0 saturated carbocycles. The number of halogens is 1. The fourth-order valence-corrected chi connectivity index (χ4v) is 2.19. The largest absolute Gasteiger partial charge is 0.343 e. The summed E-state index contributed by atoms with van der Waals surface area (Å²) in [5.41, 5.74) is 0.104. The quantitative estimate of drug-likeness (QED) is 0.716. The maximum Gasteiger partial charge on any atom is 0.252 e. The second-order valence-electron chi connectivity index (χ2n) is 4.40. The Morgan fingerprint density at radius 1 is 1.47 bits per heavy atom. The molecular formula is C11H15ClN4O. The molecule has 0 unspecified atom stereocenters. The van der Waals surface area contributed by atoms with Gasteiger partial charge in [-0.2, -0.15) is 4.98 Å². The molecule has 1 atom stereocenters. The summed E-state index contributed by atoms with van der Waals surface area (Å²) in [6.07, 6.45) is 2.28. The standard InChI is InChI=1S/C11H15ClN4O/c1-5-11(2)9(17)15(3)7-6-13-10(12)14-8(7)16(11)4/h6H,5H2,1-4H3/t11-/m1/s1. The van der Waals surface area contributed by atoms with Gasteiger partial charge in [0.05, 0.1) is 6.20 Å². The number of hydrogen-bond donors (Lipinski definition) is 0. The lowest BCUT2D eigenvalue weighted by Crippen LogP contribution is -2.59. The number of amides is 1. The van der Waals surface area contributed by atoms with Gasteiger partial charge in [-0.05, 0) is 24.9 Å². The highest BCUT2D eigenvalue weighted by molar-refractivity contribution is 6.28. The van der Waals surface area contributed by atoms with E-state index in [1.54, 1.807) is 18.1 Å². The van der Waals surface area contributed by atoms with E-state index >= 15 is 0 Å². The topological polar surface area (TPSA) is 49.3 Å². The molecule has 1 aromatic heterocycles. The molecule has 0 bridgehead atoms. The first-order chi connectivity index (χ1) is 7.91. The van der Waals surface area contributed by atoms with Crippen LogP contribution in [-0.2, 0) is 4.79 Å². The van der Waals surface area contributed by atoms with Gasteiger partial charge in [-0.15, -0.1) is 0 Å². The summed E-state index contributed by atoms with van der Waals surface area (Å²) < 4.78 is 0. The number of nitrogens with zero attached hydrogens (tertiary/aromatic N) is 4. The minimum Gasteiger partial charge on any atom is -0.343 e. The van der Waals surface area contributed by atoms with Gasteiger partial charge < -0.3 is 9.80 Å². The van der Waals surface area contributed by atoms with Crippen molar-refractivity contribution < 1.29 is 4.79 Å². The molecule has 2 heterocycles. The van der Waals surface area contributed by atoms with Crippen molar-refractivity contribution in [1.82, 2.24) is 9.97 Å². The van der Waals surface area contributed by atoms with Crippen molar-refractivity contribution in [2.75, 3.05) is 23.9 Å². The fraction of sp³-hybridized carbons (Fsp3) is 0.545. The number of anilines is 2.